The van der Waals surface area contributed by atoms with Crippen LogP contribution in [-0.2, 0) is 9.53 Å². The highest BCUT2D eigenvalue weighted by Gasteiger charge is 2.38. The Morgan fingerprint density at radius 3 is 2.39 bits per heavy atom. The van der Waals surface area contributed by atoms with Crippen molar-refractivity contribution in [1.82, 2.24) is 0 Å². The quantitative estimate of drug-likeness (QED) is 0.658. The molecule has 0 bridgehead atoms. The SMILES string of the molecule is COC(=O)c1cc(NC(=O)C(F)(F)F)ccc1F. The summed E-state index contributed by atoms with van der Waals surface area (Å²) in [6, 6.07) is 2.40. The number of anilines is 1. The number of hydrogen-bond acceptors (Lipinski definition) is 3. The first-order chi connectivity index (χ1) is 8.25. The van der Waals surface area contributed by atoms with Crippen molar-refractivity contribution in [2.45, 2.75) is 6.18 Å². The number of carbonyl (C=O) groups excluding carboxylic acids is 2. The third kappa shape index (κ3) is 3.19. The Labute approximate surface area is 98.5 Å². The number of methoxy groups -OCH3 is 1. The number of halogens is 4. The number of amides is 1. The van der Waals surface area contributed by atoms with E-state index in [-0.39, 0.29) is 5.69 Å². The van der Waals surface area contributed by atoms with Gasteiger partial charge < -0.3 is 10.1 Å². The van der Waals surface area contributed by atoms with Gasteiger partial charge >= 0.3 is 18.1 Å². The molecule has 0 aliphatic heterocycles. The zero-order valence-electron chi connectivity index (χ0n) is 8.97. The van der Waals surface area contributed by atoms with Crippen LogP contribution in [0, 0.1) is 5.82 Å². The highest BCUT2D eigenvalue weighted by molar-refractivity contribution is 5.97. The van der Waals surface area contributed by atoms with Crippen LogP contribution in [0.1, 0.15) is 10.4 Å². The lowest BCUT2D eigenvalue weighted by Crippen LogP contribution is -2.30. The molecule has 1 aromatic carbocycles. The van der Waals surface area contributed by atoms with Crippen LogP contribution < -0.4 is 5.32 Å². The Kier molecular flexibility index (Phi) is 3.89. The average molecular weight is 265 g/mol. The second kappa shape index (κ2) is 5.03. The molecular weight excluding hydrogens is 258 g/mol. The Morgan fingerprint density at radius 1 is 1.28 bits per heavy atom. The number of alkyl halides is 3. The molecule has 0 unspecified atom stereocenters. The summed E-state index contributed by atoms with van der Waals surface area (Å²) in [6.45, 7) is 0. The van der Waals surface area contributed by atoms with Crippen molar-refractivity contribution in [3.8, 4) is 0 Å². The summed E-state index contributed by atoms with van der Waals surface area (Å²) in [5, 5.41) is 1.49. The molecule has 0 aliphatic rings. The molecule has 1 amide bonds. The third-order valence-corrected chi connectivity index (χ3v) is 1.89. The maximum Gasteiger partial charge on any atom is 0.471 e. The molecule has 0 atom stereocenters. The number of esters is 1. The van der Waals surface area contributed by atoms with Gasteiger partial charge in [-0.3, -0.25) is 4.79 Å². The number of ether oxygens (including phenoxy) is 1. The molecule has 18 heavy (non-hydrogen) atoms. The molecule has 0 aliphatic carbocycles. The van der Waals surface area contributed by atoms with E-state index in [0.717, 1.165) is 25.3 Å². The van der Waals surface area contributed by atoms with Crippen LogP contribution >= 0.6 is 0 Å². The topological polar surface area (TPSA) is 55.4 Å². The fourth-order valence-electron chi connectivity index (χ4n) is 1.07. The first-order valence-electron chi connectivity index (χ1n) is 4.51. The Hall–Kier alpha value is -2.12. The highest BCUT2D eigenvalue weighted by atomic mass is 19.4. The largest absolute Gasteiger partial charge is 0.471 e. The van der Waals surface area contributed by atoms with E-state index >= 15 is 0 Å². The Balaban J connectivity index is 2.99. The van der Waals surface area contributed by atoms with Gasteiger partial charge in [-0.05, 0) is 18.2 Å². The van der Waals surface area contributed by atoms with Crippen LogP contribution in [-0.4, -0.2) is 25.2 Å². The molecule has 1 rings (SSSR count). The van der Waals surface area contributed by atoms with E-state index in [1.54, 1.807) is 0 Å². The van der Waals surface area contributed by atoms with E-state index in [9.17, 15) is 27.2 Å². The van der Waals surface area contributed by atoms with Crippen molar-refractivity contribution in [1.29, 1.82) is 0 Å². The molecule has 4 nitrogen and oxygen atoms in total. The van der Waals surface area contributed by atoms with E-state index in [2.05, 4.69) is 4.74 Å². The molecule has 0 radical (unpaired) electrons. The second-order valence-corrected chi connectivity index (χ2v) is 3.14. The number of hydrogen-bond donors (Lipinski definition) is 1. The summed E-state index contributed by atoms with van der Waals surface area (Å²) in [6.07, 6.45) is -5.07. The van der Waals surface area contributed by atoms with Gasteiger partial charge in [0.05, 0.1) is 12.7 Å². The van der Waals surface area contributed by atoms with Gasteiger partial charge in [-0.2, -0.15) is 13.2 Å². The summed E-state index contributed by atoms with van der Waals surface area (Å²) in [7, 11) is 0.989. The van der Waals surface area contributed by atoms with Crippen molar-refractivity contribution in [3.05, 3.63) is 29.6 Å². The molecule has 8 heteroatoms. The predicted molar refractivity (Wildman–Crippen MR) is 52.4 cm³/mol. The lowest BCUT2D eigenvalue weighted by atomic mass is 10.2. The van der Waals surface area contributed by atoms with E-state index < -0.39 is 29.4 Å². The molecular formula is C10H7F4NO3. The first kappa shape index (κ1) is 13.9. The Bertz CT molecular complexity index is 485. The smallest absolute Gasteiger partial charge is 0.465 e. The summed E-state index contributed by atoms with van der Waals surface area (Å²) in [5.74, 6) is -4.24. The monoisotopic (exact) mass is 265 g/mol. The molecule has 1 aromatic rings. The van der Waals surface area contributed by atoms with Crippen LogP contribution in [0.5, 0.6) is 0 Å². The van der Waals surface area contributed by atoms with Gasteiger partial charge in [0.15, 0.2) is 0 Å². The molecule has 0 spiro atoms. The first-order valence-corrected chi connectivity index (χ1v) is 4.51. The lowest BCUT2D eigenvalue weighted by Gasteiger charge is -2.09. The molecule has 0 saturated carbocycles. The van der Waals surface area contributed by atoms with Crippen molar-refractivity contribution in [2.75, 3.05) is 12.4 Å². The standard InChI is InChI=1S/C10H7F4NO3/c1-18-8(16)6-4-5(2-3-7(6)11)15-9(17)10(12,13)14/h2-4H,1H3,(H,15,17). The zero-order valence-corrected chi connectivity index (χ0v) is 8.97. The number of carbonyl (C=O) groups is 2. The minimum Gasteiger partial charge on any atom is -0.465 e. The number of benzene rings is 1. The van der Waals surface area contributed by atoms with E-state index in [1.165, 1.54) is 5.32 Å². The van der Waals surface area contributed by atoms with E-state index in [1.807, 2.05) is 0 Å². The lowest BCUT2D eigenvalue weighted by molar-refractivity contribution is -0.167. The molecule has 0 aromatic heterocycles. The van der Waals surface area contributed by atoms with Gasteiger partial charge in [0, 0.05) is 5.69 Å². The van der Waals surface area contributed by atoms with Crippen LogP contribution in [0.25, 0.3) is 0 Å². The number of nitrogens with one attached hydrogen (secondary N) is 1. The molecule has 0 fully saturated rings. The Morgan fingerprint density at radius 2 is 1.89 bits per heavy atom. The maximum absolute atomic E-state index is 13.1. The van der Waals surface area contributed by atoms with Crippen molar-refractivity contribution < 1.29 is 31.9 Å². The summed E-state index contributed by atoms with van der Waals surface area (Å²) in [4.78, 5) is 21.7. The maximum atomic E-state index is 13.1. The van der Waals surface area contributed by atoms with Crippen LogP contribution in [0.15, 0.2) is 18.2 Å². The van der Waals surface area contributed by atoms with Gasteiger partial charge in [-0.25, -0.2) is 9.18 Å². The van der Waals surface area contributed by atoms with Crippen LogP contribution in [0.3, 0.4) is 0 Å². The highest BCUT2D eigenvalue weighted by Crippen LogP contribution is 2.20. The minimum atomic E-state index is -5.07. The van der Waals surface area contributed by atoms with Crippen molar-refractivity contribution >= 4 is 17.6 Å². The predicted octanol–water partition coefficient (Wildman–Crippen LogP) is 2.11. The van der Waals surface area contributed by atoms with Crippen molar-refractivity contribution in [2.24, 2.45) is 0 Å². The average Bonchev–Trinajstić information content (AvgIpc) is 2.29. The van der Waals surface area contributed by atoms with E-state index in [0.29, 0.717) is 0 Å². The molecule has 98 valence electrons. The number of rotatable bonds is 2. The van der Waals surface area contributed by atoms with Crippen LogP contribution in [0.2, 0.25) is 0 Å². The summed E-state index contributed by atoms with van der Waals surface area (Å²) >= 11 is 0. The third-order valence-electron chi connectivity index (χ3n) is 1.89. The van der Waals surface area contributed by atoms with E-state index in [4.69, 9.17) is 0 Å². The minimum absolute atomic E-state index is 0.362. The van der Waals surface area contributed by atoms with Gasteiger partial charge in [-0.1, -0.05) is 0 Å². The fraction of sp³-hybridized carbons (Fsp3) is 0.200. The second-order valence-electron chi connectivity index (χ2n) is 3.14. The van der Waals surface area contributed by atoms with Crippen LogP contribution in [0.4, 0.5) is 23.2 Å². The molecule has 0 heterocycles. The van der Waals surface area contributed by atoms with Gasteiger partial charge in [0.25, 0.3) is 0 Å². The van der Waals surface area contributed by atoms with Crippen molar-refractivity contribution in [3.63, 3.8) is 0 Å². The summed E-state index contributed by atoms with van der Waals surface area (Å²) in [5.41, 5.74) is -0.934. The fourth-order valence-corrected chi connectivity index (χ4v) is 1.07. The summed E-state index contributed by atoms with van der Waals surface area (Å²) < 4.78 is 53.3. The van der Waals surface area contributed by atoms with Gasteiger partial charge in [0.1, 0.15) is 5.82 Å². The molecule has 1 N–H and O–H groups in total. The van der Waals surface area contributed by atoms with Gasteiger partial charge in [-0.15, -0.1) is 0 Å². The molecule has 0 saturated heterocycles. The normalized spacial score (nSPS) is 10.9. The van der Waals surface area contributed by atoms with Gasteiger partial charge in [0.2, 0.25) is 0 Å². The zero-order chi connectivity index (χ0) is 13.9.